The molecule has 0 bridgehead atoms. The summed E-state index contributed by atoms with van der Waals surface area (Å²) in [6, 6.07) is 21.5. The Morgan fingerprint density at radius 1 is 0.838 bits per heavy atom. The summed E-state index contributed by atoms with van der Waals surface area (Å²) in [7, 11) is 1.58. The van der Waals surface area contributed by atoms with Gasteiger partial charge in [0.25, 0.3) is 5.91 Å². The van der Waals surface area contributed by atoms with Gasteiger partial charge in [-0.3, -0.25) is 14.4 Å². The Balaban J connectivity index is 1.57. The number of methoxy groups -OCH3 is 1. The van der Waals surface area contributed by atoms with Gasteiger partial charge in [-0.2, -0.15) is 0 Å². The highest BCUT2D eigenvalue weighted by Gasteiger charge is 2.60. The lowest BCUT2D eigenvalue weighted by Crippen LogP contribution is -2.37. The predicted octanol–water partition coefficient (Wildman–Crippen LogP) is 4.93. The van der Waals surface area contributed by atoms with E-state index in [0.29, 0.717) is 36.1 Å². The molecule has 37 heavy (non-hydrogen) atoms. The molecule has 0 spiro atoms. The van der Waals surface area contributed by atoms with Crippen LogP contribution < -0.4 is 24.2 Å². The Morgan fingerprint density at radius 3 is 2.32 bits per heavy atom. The number of imide groups is 1. The van der Waals surface area contributed by atoms with Crippen molar-refractivity contribution in [2.24, 2.45) is 5.92 Å². The summed E-state index contributed by atoms with van der Waals surface area (Å²) >= 11 is 0. The third-order valence-corrected chi connectivity index (χ3v) is 6.52. The topological polar surface area (TPSA) is 77.5 Å². The Labute approximate surface area is 216 Å². The molecular weight excluding hydrogens is 472 g/mol. The molecule has 5 rings (SSSR count). The number of benzene rings is 3. The Bertz CT molecular complexity index is 1280. The molecule has 0 unspecified atom stereocenters. The normalized spacial score (nSPS) is 20.8. The molecule has 0 N–H and O–H groups in total. The van der Waals surface area contributed by atoms with Gasteiger partial charge in [0.1, 0.15) is 11.7 Å². The minimum absolute atomic E-state index is 0.337. The first-order chi connectivity index (χ1) is 18.1. The molecule has 2 fully saturated rings. The summed E-state index contributed by atoms with van der Waals surface area (Å²) in [5.74, 6) is 0.127. The molecule has 2 aliphatic rings. The van der Waals surface area contributed by atoms with E-state index in [0.717, 1.165) is 17.7 Å². The first kappa shape index (κ1) is 24.6. The van der Waals surface area contributed by atoms with Crippen LogP contribution in [0.1, 0.15) is 31.9 Å². The van der Waals surface area contributed by atoms with Crippen molar-refractivity contribution in [3.05, 3.63) is 78.4 Å². The van der Waals surface area contributed by atoms with E-state index in [4.69, 9.17) is 19.0 Å². The van der Waals surface area contributed by atoms with E-state index >= 15 is 0 Å². The van der Waals surface area contributed by atoms with Gasteiger partial charge in [0.2, 0.25) is 5.91 Å². The highest BCUT2D eigenvalue weighted by molar-refractivity contribution is 6.24. The van der Waals surface area contributed by atoms with Crippen LogP contribution in [0, 0.1) is 5.92 Å². The van der Waals surface area contributed by atoms with Gasteiger partial charge in [0.15, 0.2) is 17.6 Å². The van der Waals surface area contributed by atoms with Gasteiger partial charge in [0, 0.05) is 0 Å². The summed E-state index contributed by atoms with van der Waals surface area (Å²) in [4.78, 5) is 35.1. The van der Waals surface area contributed by atoms with Crippen molar-refractivity contribution >= 4 is 23.2 Å². The van der Waals surface area contributed by atoms with Crippen LogP contribution in [0.3, 0.4) is 0 Å². The zero-order valence-corrected chi connectivity index (χ0v) is 21.1. The number of para-hydroxylation sites is 3. The number of hydrogen-bond donors (Lipinski definition) is 0. The number of rotatable bonds is 9. The summed E-state index contributed by atoms with van der Waals surface area (Å²) in [6.45, 7) is 4.86. The molecule has 3 atom stereocenters. The molecule has 8 nitrogen and oxygen atoms in total. The molecule has 2 aliphatic heterocycles. The zero-order valence-electron chi connectivity index (χ0n) is 21.1. The SMILES string of the molecule is CCCOc1ccc([C@H]2[C@H]3C(=O)N(c4ccccc4OCC)C(=O)[C@@H]3ON2c2ccccc2)cc1OC. The van der Waals surface area contributed by atoms with Crippen LogP contribution in [0.2, 0.25) is 0 Å². The number of hydroxylamine groups is 1. The molecule has 0 saturated carbocycles. The third-order valence-electron chi connectivity index (χ3n) is 6.52. The molecule has 0 aromatic heterocycles. The van der Waals surface area contributed by atoms with E-state index in [9.17, 15) is 9.59 Å². The Kier molecular flexibility index (Phi) is 7.01. The highest BCUT2D eigenvalue weighted by Crippen LogP contribution is 2.49. The second kappa shape index (κ2) is 10.5. The molecular formula is C29H30N2O6. The van der Waals surface area contributed by atoms with E-state index < -0.39 is 24.0 Å². The molecule has 8 heteroatoms. The second-order valence-corrected chi connectivity index (χ2v) is 8.83. The molecule has 2 heterocycles. The van der Waals surface area contributed by atoms with Crippen molar-refractivity contribution in [1.29, 1.82) is 0 Å². The Morgan fingerprint density at radius 2 is 1.59 bits per heavy atom. The van der Waals surface area contributed by atoms with Crippen molar-refractivity contribution in [1.82, 2.24) is 0 Å². The van der Waals surface area contributed by atoms with Crippen molar-refractivity contribution in [3.8, 4) is 17.2 Å². The number of amides is 2. The summed E-state index contributed by atoms with van der Waals surface area (Å²) in [6.07, 6.45) is -0.114. The summed E-state index contributed by atoms with van der Waals surface area (Å²) < 4.78 is 17.2. The number of carbonyl (C=O) groups excluding carboxylic acids is 2. The van der Waals surface area contributed by atoms with E-state index in [2.05, 4.69) is 0 Å². The van der Waals surface area contributed by atoms with Crippen LogP contribution in [0.25, 0.3) is 0 Å². The van der Waals surface area contributed by atoms with Gasteiger partial charge in [-0.15, -0.1) is 0 Å². The van der Waals surface area contributed by atoms with E-state index in [1.165, 1.54) is 4.90 Å². The van der Waals surface area contributed by atoms with Crippen LogP contribution in [0.4, 0.5) is 11.4 Å². The lowest BCUT2D eigenvalue weighted by Gasteiger charge is -2.29. The minimum atomic E-state index is -0.977. The maximum absolute atomic E-state index is 14.0. The maximum Gasteiger partial charge on any atom is 0.266 e. The van der Waals surface area contributed by atoms with Gasteiger partial charge in [0.05, 0.1) is 37.7 Å². The third kappa shape index (κ3) is 4.38. The summed E-state index contributed by atoms with van der Waals surface area (Å²) in [5.41, 5.74) is 1.94. The molecule has 2 saturated heterocycles. The smallest absolute Gasteiger partial charge is 0.266 e. The first-order valence-corrected chi connectivity index (χ1v) is 12.5. The fourth-order valence-corrected chi connectivity index (χ4v) is 4.91. The second-order valence-electron chi connectivity index (χ2n) is 8.83. The maximum atomic E-state index is 14.0. The van der Waals surface area contributed by atoms with Crippen molar-refractivity contribution in [3.63, 3.8) is 0 Å². The van der Waals surface area contributed by atoms with Gasteiger partial charge in [-0.1, -0.05) is 43.3 Å². The average Bonchev–Trinajstić information content (AvgIpc) is 3.44. The number of anilines is 2. The number of nitrogens with zero attached hydrogens (tertiary/aromatic N) is 2. The first-order valence-electron chi connectivity index (χ1n) is 12.5. The fraction of sp³-hybridized carbons (Fsp3) is 0.310. The van der Waals surface area contributed by atoms with Gasteiger partial charge >= 0.3 is 0 Å². The van der Waals surface area contributed by atoms with E-state index in [-0.39, 0.29) is 5.91 Å². The van der Waals surface area contributed by atoms with E-state index in [1.54, 1.807) is 30.4 Å². The van der Waals surface area contributed by atoms with Gasteiger partial charge in [-0.25, -0.2) is 9.96 Å². The zero-order chi connectivity index (χ0) is 25.9. The van der Waals surface area contributed by atoms with Crippen LogP contribution in [0.15, 0.2) is 72.8 Å². The van der Waals surface area contributed by atoms with Crippen LogP contribution >= 0.6 is 0 Å². The number of ether oxygens (including phenoxy) is 3. The number of carbonyl (C=O) groups is 2. The highest BCUT2D eigenvalue weighted by atomic mass is 16.7. The molecule has 3 aromatic rings. The minimum Gasteiger partial charge on any atom is -0.493 e. The summed E-state index contributed by atoms with van der Waals surface area (Å²) in [5, 5.41) is 1.66. The van der Waals surface area contributed by atoms with Gasteiger partial charge in [-0.05, 0) is 55.3 Å². The molecule has 3 aromatic carbocycles. The van der Waals surface area contributed by atoms with Crippen molar-refractivity contribution in [2.75, 3.05) is 30.3 Å². The molecule has 0 aliphatic carbocycles. The van der Waals surface area contributed by atoms with Crippen molar-refractivity contribution < 1.29 is 28.6 Å². The van der Waals surface area contributed by atoms with Crippen molar-refractivity contribution in [2.45, 2.75) is 32.4 Å². The molecule has 192 valence electrons. The largest absolute Gasteiger partial charge is 0.493 e. The standard InChI is InChI=1S/C29H30N2O6/c1-4-17-36-23-16-15-19(18-24(23)34-3)26-25-27(37-31(26)20-11-7-6-8-12-20)29(33)30(28(25)32)21-13-9-10-14-22(21)35-5-2/h6-16,18,25-27H,4-5,17H2,1-3H3/t25-,26+,27-/m1/s1. The lowest BCUT2D eigenvalue weighted by molar-refractivity contribution is -0.126. The fourth-order valence-electron chi connectivity index (χ4n) is 4.91. The Hall–Kier alpha value is -4.04. The molecule has 0 radical (unpaired) electrons. The average molecular weight is 503 g/mol. The monoisotopic (exact) mass is 502 g/mol. The van der Waals surface area contributed by atoms with Crippen LogP contribution in [-0.4, -0.2) is 38.2 Å². The molecule has 2 amide bonds. The van der Waals surface area contributed by atoms with E-state index in [1.807, 2.05) is 68.4 Å². The number of fused-ring (bicyclic) bond motifs is 1. The quantitative estimate of drug-likeness (QED) is 0.384. The van der Waals surface area contributed by atoms with Crippen LogP contribution in [-0.2, 0) is 14.4 Å². The lowest BCUT2D eigenvalue weighted by atomic mass is 9.90. The predicted molar refractivity (Wildman–Crippen MR) is 139 cm³/mol. The van der Waals surface area contributed by atoms with Crippen LogP contribution in [0.5, 0.6) is 17.2 Å². The number of hydrogen-bond acceptors (Lipinski definition) is 7. The van der Waals surface area contributed by atoms with Gasteiger partial charge < -0.3 is 14.2 Å².